The van der Waals surface area contributed by atoms with Crippen molar-refractivity contribution in [3.8, 4) is 0 Å². The van der Waals surface area contributed by atoms with Crippen LogP contribution in [-0.2, 0) is 40.0 Å². The highest BCUT2D eigenvalue weighted by Gasteiger charge is 2.32. The van der Waals surface area contributed by atoms with Crippen molar-refractivity contribution < 1.29 is 48.9 Å². The molecule has 4 atom stereocenters. The van der Waals surface area contributed by atoms with E-state index in [1.54, 1.807) is 30.5 Å². The second-order valence-corrected chi connectivity index (χ2v) is 8.89. The van der Waals surface area contributed by atoms with Gasteiger partial charge in [0, 0.05) is 29.9 Å². The minimum absolute atomic E-state index is 0.130. The largest absolute Gasteiger partial charge is 0.481 e. The lowest BCUT2D eigenvalue weighted by atomic mass is 10.0. The van der Waals surface area contributed by atoms with E-state index in [9.17, 15) is 38.7 Å². The third kappa shape index (κ3) is 9.39. The number of nitrogens with one attached hydrogen (secondary N) is 4. The van der Waals surface area contributed by atoms with Crippen molar-refractivity contribution in [2.75, 3.05) is 0 Å². The number of fused-ring (bicyclic) bond motifs is 1. The Labute approximate surface area is 226 Å². The summed E-state index contributed by atoms with van der Waals surface area (Å²) < 4.78 is 0. The van der Waals surface area contributed by atoms with Crippen molar-refractivity contribution in [3.05, 3.63) is 36.0 Å². The van der Waals surface area contributed by atoms with Crippen LogP contribution in [0.2, 0.25) is 0 Å². The fourth-order valence-electron chi connectivity index (χ4n) is 3.75. The van der Waals surface area contributed by atoms with Crippen LogP contribution in [0.4, 0.5) is 0 Å². The van der Waals surface area contributed by atoms with Crippen molar-refractivity contribution >= 4 is 52.4 Å². The van der Waals surface area contributed by atoms with E-state index in [4.69, 9.17) is 21.7 Å². The topological polar surface area (TPSA) is 284 Å². The summed E-state index contributed by atoms with van der Waals surface area (Å²) in [4.78, 5) is 86.5. The molecule has 1 aromatic carbocycles. The SMILES string of the molecule is NC(=O)CC(NC(=O)C(Cc1c[nH]c2ccccc12)NC(=O)C(N)CCC(=O)O)C(=O)NC(CC(=O)O)C(=O)O. The van der Waals surface area contributed by atoms with Crippen molar-refractivity contribution in [1.82, 2.24) is 20.9 Å². The van der Waals surface area contributed by atoms with Gasteiger partial charge in [0.05, 0.1) is 18.9 Å². The molecule has 0 spiro atoms. The van der Waals surface area contributed by atoms with Crippen LogP contribution in [0.15, 0.2) is 30.5 Å². The minimum Gasteiger partial charge on any atom is -0.481 e. The van der Waals surface area contributed by atoms with Gasteiger partial charge >= 0.3 is 17.9 Å². The maximum absolute atomic E-state index is 13.3. The van der Waals surface area contributed by atoms with E-state index in [1.807, 2.05) is 5.32 Å². The normalized spacial score (nSPS) is 13.8. The molecule has 0 saturated carbocycles. The molecule has 2 aromatic rings. The Bertz CT molecular complexity index is 1290. The number of rotatable bonds is 16. The van der Waals surface area contributed by atoms with E-state index in [0.29, 0.717) is 10.9 Å². The number of H-pyrrole nitrogens is 1. The van der Waals surface area contributed by atoms with Crippen LogP contribution in [0.25, 0.3) is 10.9 Å². The number of aliphatic carboxylic acids is 3. The molecule has 216 valence electrons. The summed E-state index contributed by atoms with van der Waals surface area (Å²) in [5.74, 6) is -8.45. The van der Waals surface area contributed by atoms with Crippen LogP contribution >= 0.6 is 0 Å². The zero-order valence-corrected chi connectivity index (χ0v) is 21.1. The Morgan fingerprint density at radius 2 is 1.40 bits per heavy atom. The van der Waals surface area contributed by atoms with E-state index in [1.165, 1.54) is 0 Å². The molecule has 0 aliphatic rings. The van der Waals surface area contributed by atoms with Gasteiger partial charge in [0.25, 0.3) is 0 Å². The maximum Gasteiger partial charge on any atom is 0.326 e. The quantitative estimate of drug-likeness (QED) is 0.106. The summed E-state index contributed by atoms with van der Waals surface area (Å²) in [5, 5.41) is 34.3. The molecule has 0 aliphatic carbocycles. The first-order valence-electron chi connectivity index (χ1n) is 11.9. The van der Waals surface area contributed by atoms with Crippen molar-refractivity contribution in [2.45, 2.75) is 56.3 Å². The van der Waals surface area contributed by atoms with Crippen LogP contribution in [-0.4, -0.2) is 86.0 Å². The molecule has 4 unspecified atom stereocenters. The van der Waals surface area contributed by atoms with Gasteiger partial charge in [-0.15, -0.1) is 0 Å². The van der Waals surface area contributed by atoms with Crippen LogP contribution in [0.1, 0.15) is 31.2 Å². The van der Waals surface area contributed by atoms with E-state index in [-0.39, 0.29) is 12.8 Å². The molecule has 11 N–H and O–H groups in total. The number of carboxylic acids is 3. The smallest absolute Gasteiger partial charge is 0.326 e. The number of amides is 4. The first-order chi connectivity index (χ1) is 18.8. The number of primary amides is 1. The van der Waals surface area contributed by atoms with Gasteiger partial charge in [0.15, 0.2) is 0 Å². The summed E-state index contributed by atoms with van der Waals surface area (Å²) in [6.07, 6.45) is -0.923. The fraction of sp³-hybridized carbons (Fsp3) is 0.375. The summed E-state index contributed by atoms with van der Waals surface area (Å²) in [6.45, 7) is 0. The minimum atomic E-state index is -1.87. The van der Waals surface area contributed by atoms with E-state index in [2.05, 4.69) is 15.6 Å². The molecule has 0 fully saturated rings. The van der Waals surface area contributed by atoms with Gasteiger partial charge in [-0.05, 0) is 18.1 Å². The summed E-state index contributed by atoms with van der Waals surface area (Å²) in [5.41, 5.74) is 12.3. The average molecular weight is 563 g/mol. The number of para-hydroxylation sites is 1. The van der Waals surface area contributed by atoms with Crippen molar-refractivity contribution in [2.24, 2.45) is 11.5 Å². The molecule has 1 aromatic heterocycles. The van der Waals surface area contributed by atoms with E-state index in [0.717, 1.165) is 5.52 Å². The molecular weight excluding hydrogens is 532 g/mol. The predicted octanol–water partition coefficient (Wildman–Crippen LogP) is -2.21. The van der Waals surface area contributed by atoms with Crippen LogP contribution in [0.5, 0.6) is 0 Å². The number of aromatic nitrogens is 1. The van der Waals surface area contributed by atoms with Crippen LogP contribution < -0.4 is 27.4 Å². The number of carboxylic acid groups (broad SMARTS) is 3. The molecule has 1 heterocycles. The average Bonchev–Trinajstić information content (AvgIpc) is 3.28. The second-order valence-electron chi connectivity index (χ2n) is 8.89. The number of hydrogen-bond acceptors (Lipinski definition) is 8. The Morgan fingerprint density at radius 1 is 0.800 bits per heavy atom. The van der Waals surface area contributed by atoms with Gasteiger partial charge in [-0.3, -0.25) is 28.8 Å². The molecule has 0 saturated heterocycles. The highest BCUT2D eigenvalue weighted by atomic mass is 16.4. The highest BCUT2D eigenvalue weighted by Crippen LogP contribution is 2.19. The lowest BCUT2D eigenvalue weighted by molar-refractivity contribution is -0.147. The zero-order chi connectivity index (χ0) is 30.0. The Balaban J connectivity index is 2.31. The first-order valence-corrected chi connectivity index (χ1v) is 11.9. The first kappa shape index (κ1) is 31.2. The molecule has 0 aliphatic heterocycles. The second kappa shape index (κ2) is 14.2. The van der Waals surface area contributed by atoms with Gasteiger partial charge in [-0.25, -0.2) is 4.79 Å². The van der Waals surface area contributed by atoms with Crippen LogP contribution in [0, 0.1) is 0 Å². The molecule has 0 radical (unpaired) electrons. The Morgan fingerprint density at radius 3 is 2.00 bits per heavy atom. The molecule has 0 bridgehead atoms. The maximum atomic E-state index is 13.3. The summed E-state index contributed by atoms with van der Waals surface area (Å²) in [7, 11) is 0. The predicted molar refractivity (Wildman–Crippen MR) is 136 cm³/mol. The molecule has 2 rings (SSSR count). The van der Waals surface area contributed by atoms with Gasteiger partial charge < -0.3 is 47.7 Å². The fourth-order valence-corrected chi connectivity index (χ4v) is 3.75. The van der Waals surface area contributed by atoms with Crippen LogP contribution in [0.3, 0.4) is 0 Å². The number of aromatic amines is 1. The molecule has 40 heavy (non-hydrogen) atoms. The number of benzene rings is 1. The van der Waals surface area contributed by atoms with Crippen molar-refractivity contribution in [1.29, 1.82) is 0 Å². The molecule has 16 nitrogen and oxygen atoms in total. The van der Waals surface area contributed by atoms with Gasteiger partial charge in [-0.1, -0.05) is 18.2 Å². The zero-order valence-electron chi connectivity index (χ0n) is 21.1. The van der Waals surface area contributed by atoms with Gasteiger partial charge in [0.1, 0.15) is 18.1 Å². The van der Waals surface area contributed by atoms with Gasteiger partial charge in [0.2, 0.25) is 23.6 Å². The number of carbonyl (C=O) groups excluding carboxylic acids is 4. The lowest BCUT2D eigenvalue weighted by Crippen LogP contribution is -2.58. The van der Waals surface area contributed by atoms with Crippen molar-refractivity contribution in [3.63, 3.8) is 0 Å². The third-order valence-electron chi connectivity index (χ3n) is 5.77. The third-order valence-corrected chi connectivity index (χ3v) is 5.77. The monoisotopic (exact) mass is 562 g/mol. The molecule has 16 heteroatoms. The van der Waals surface area contributed by atoms with Gasteiger partial charge in [-0.2, -0.15) is 0 Å². The van der Waals surface area contributed by atoms with E-state index >= 15 is 0 Å². The Kier molecular flexibility index (Phi) is 11.1. The number of nitrogens with two attached hydrogens (primary N) is 2. The molecule has 4 amide bonds. The Hall–Kier alpha value is -4.99. The standard InChI is InChI=1S/C24H30N6O10/c25-13(5-6-19(32)33)21(36)28-15(7-11-10-27-14-4-2-1-3-12(11)14)22(37)29-16(8-18(26)31)23(38)30-17(24(39)40)9-20(34)35/h1-4,10,13,15-17,27H,5-9,25H2,(H2,26,31)(H,28,36)(H,29,37)(H,30,38)(H,32,33)(H,34,35)(H,39,40). The lowest BCUT2D eigenvalue weighted by Gasteiger charge is -2.24. The summed E-state index contributed by atoms with van der Waals surface area (Å²) in [6, 6.07) is 0.795. The summed E-state index contributed by atoms with van der Waals surface area (Å²) >= 11 is 0. The number of hydrogen-bond donors (Lipinski definition) is 9. The highest BCUT2D eigenvalue weighted by molar-refractivity contribution is 5.97. The molecular formula is C24H30N6O10. The van der Waals surface area contributed by atoms with E-state index < -0.39 is 85.0 Å². The number of carbonyl (C=O) groups is 7.